The highest BCUT2D eigenvalue weighted by Gasteiger charge is 2.10. The van der Waals surface area contributed by atoms with Crippen LogP contribution in [0, 0.1) is 0 Å². The maximum Gasteiger partial charge on any atom is 0.127 e. The summed E-state index contributed by atoms with van der Waals surface area (Å²) in [5.74, 6) is 1.24. The fourth-order valence-corrected chi connectivity index (χ4v) is 0.796. The van der Waals surface area contributed by atoms with Crippen LogP contribution in [0.1, 0.15) is 6.42 Å². The van der Waals surface area contributed by atoms with Crippen LogP contribution in [0.15, 0.2) is 11.8 Å². The van der Waals surface area contributed by atoms with Crippen LogP contribution in [0.25, 0.3) is 0 Å². The highest BCUT2D eigenvalue weighted by atomic mass is 35.5. The first-order chi connectivity index (χ1) is 3.83. The highest BCUT2D eigenvalue weighted by Crippen LogP contribution is 2.14. The summed E-state index contributed by atoms with van der Waals surface area (Å²) in [6.07, 6.45) is 2.71. The Hall–Kier alpha value is -0.105. The summed E-state index contributed by atoms with van der Waals surface area (Å²) in [5.41, 5.74) is 0. The molecule has 0 saturated heterocycles. The van der Waals surface area contributed by atoms with Crippen LogP contribution >= 0.6 is 11.6 Å². The average molecular weight is 128 g/mol. The molecule has 0 aliphatic carbocycles. The second-order valence-corrected chi connectivity index (χ2v) is 1.96. The van der Waals surface area contributed by atoms with Crippen LogP contribution in [0.2, 0.25) is 0 Å². The summed E-state index contributed by atoms with van der Waals surface area (Å²) in [4.78, 5) is 0. The monoisotopic (exact) mass is 128 g/mol. The van der Waals surface area contributed by atoms with Crippen molar-refractivity contribution >= 4 is 19.4 Å². The third-order valence-electron chi connectivity index (χ3n) is 1.01. The Morgan fingerprint density at radius 2 is 2.75 bits per heavy atom. The van der Waals surface area contributed by atoms with E-state index in [1.807, 2.05) is 6.08 Å². The van der Waals surface area contributed by atoms with Gasteiger partial charge in [-0.1, -0.05) is 0 Å². The maximum atomic E-state index is 5.42. The fourth-order valence-electron chi connectivity index (χ4n) is 0.624. The number of allylic oxidation sites excluding steroid dienone is 1. The molecule has 42 valence electrons. The van der Waals surface area contributed by atoms with E-state index in [1.54, 1.807) is 0 Å². The van der Waals surface area contributed by atoms with Gasteiger partial charge in [0.15, 0.2) is 0 Å². The van der Waals surface area contributed by atoms with E-state index in [1.165, 1.54) is 0 Å². The van der Waals surface area contributed by atoms with Crippen molar-refractivity contribution in [2.24, 2.45) is 0 Å². The Balaban J connectivity index is 2.37. The molecule has 2 radical (unpaired) electrons. The summed E-state index contributed by atoms with van der Waals surface area (Å²) < 4.78 is 5.02. The number of hydrogen-bond acceptors (Lipinski definition) is 1. The van der Waals surface area contributed by atoms with Gasteiger partial charge in [0.2, 0.25) is 0 Å². The fraction of sp³-hybridized carbons (Fsp3) is 0.600. The van der Waals surface area contributed by atoms with Gasteiger partial charge in [-0.2, -0.15) is 0 Å². The molecule has 0 amide bonds. The summed E-state index contributed by atoms with van der Waals surface area (Å²) >= 11 is 5.42. The van der Waals surface area contributed by atoms with Gasteiger partial charge in [-0.05, 0) is 12.5 Å². The molecule has 0 unspecified atom stereocenters. The second-order valence-electron chi connectivity index (χ2n) is 1.70. The zero-order valence-corrected chi connectivity index (χ0v) is 5.19. The molecule has 0 aromatic rings. The first-order valence-corrected chi connectivity index (χ1v) is 3.03. The van der Waals surface area contributed by atoms with Gasteiger partial charge < -0.3 is 4.74 Å². The smallest absolute Gasteiger partial charge is 0.127 e. The van der Waals surface area contributed by atoms with Crippen molar-refractivity contribution in [2.75, 3.05) is 5.88 Å². The minimum absolute atomic E-state index is 0.149. The molecule has 0 saturated carbocycles. The van der Waals surface area contributed by atoms with Gasteiger partial charge >= 0.3 is 0 Å². The molecule has 0 N–H and O–H groups in total. The molecular weight excluding hydrogens is 122 g/mol. The van der Waals surface area contributed by atoms with Gasteiger partial charge in [0.05, 0.1) is 11.9 Å². The van der Waals surface area contributed by atoms with E-state index >= 15 is 0 Å². The Bertz CT molecular complexity index is 113. The van der Waals surface area contributed by atoms with E-state index in [4.69, 9.17) is 24.2 Å². The molecule has 1 nitrogen and oxygen atoms in total. The first kappa shape index (κ1) is 6.02. The van der Waals surface area contributed by atoms with Crippen molar-refractivity contribution in [2.45, 2.75) is 12.4 Å². The van der Waals surface area contributed by atoms with Crippen LogP contribution in [0.3, 0.4) is 0 Å². The molecule has 1 aliphatic rings. The summed E-state index contributed by atoms with van der Waals surface area (Å²) in [6, 6.07) is -0.149. The van der Waals surface area contributed by atoms with Crippen molar-refractivity contribution in [3.05, 3.63) is 11.8 Å². The van der Waals surface area contributed by atoms with Crippen LogP contribution in [-0.4, -0.2) is 19.7 Å². The molecule has 0 bridgehead atoms. The molecule has 0 spiro atoms. The quantitative estimate of drug-likeness (QED) is 0.378. The predicted molar refractivity (Wildman–Crippen MR) is 34.0 cm³/mol. The minimum Gasteiger partial charge on any atom is -0.504 e. The van der Waals surface area contributed by atoms with E-state index in [2.05, 4.69) is 0 Å². The van der Waals surface area contributed by atoms with Crippen molar-refractivity contribution < 1.29 is 4.74 Å². The molecular formula is C5H6BClO. The van der Waals surface area contributed by atoms with Gasteiger partial charge in [0.25, 0.3) is 0 Å². The maximum absolute atomic E-state index is 5.42. The predicted octanol–water partition coefficient (Wildman–Crippen LogP) is 1.02. The van der Waals surface area contributed by atoms with E-state index in [-0.39, 0.29) is 6.00 Å². The van der Waals surface area contributed by atoms with Crippen LogP contribution in [-0.2, 0) is 4.74 Å². The lowest BCUT2D eigenvalue weighted by Crippen LogP contribution is -2.04. The molecule has 0 fully saturated rings. The summed E-state index contributed by atoms with van der Waals surface area (Å²) in [7, 11) is 5.37. The number of halogens is 1. The molecule has 3 heteroatoms. The standard InChI is InChI=1S/C5H6BClO/c6-5-2-1-4(3-7)8-5/h1,5H,2-3H2/t5-/m1/s1. The Morgan fingerprint density at radius 3 is 3.00 bits per heavy atom. The third kappa shape index (κ3) is 1.19. The van der Waals surface area contributed by atoms with Crippen molar-refractivity contribution in [1.82, 2.24) is 0 Å². The molecule has 0 aromatic heterocycles. The van der Waals surface area contributed by atoms with E-state index in [0.29, 0.717) is 5.88 Å². The normalized spacial score (nSPS) is 27.1. The SMILES string of the molecule is [B][C@H]1CC=C(CCl)O1. The first-order valence-electron chi connectivity index (χ1n) is 2.50. The third-order valence-corrected chi connectivity index (χ3v) is 1.28. The molecule has 1 rings (SSSR count). The lowest BCUT2D eigenvalue weighted by molar-refractivity contribution is 0.212. The van der Waals surface area contributed by atoms with Gasteiger partial charge in [-0.15, -0.1) is 11.6 Å². The van der Waals surface area contributed by atoms with Crippen LogP contribution in [0.5, 0.6) is 0 Å². The molecule has 1 atom stereocenters. The van der Waals surface area contributed by atoms with E-state index < -0.39 is 0 Å². The van der Waals surface area contributed by atoms with Gasteiger partial charge in [0, 0.05) is 0 Å². The van der Waals surface area contributed by atoms with E-state index in [0.717, 1.165) is 12.2 Å². The number of alkyl halides is 1. The van der Waals surface area contributed by atoms with Gasteiger partial charge in [-0.3, -0.25) is 0 Å². The summed E-state index contributed by atoms with van der Waals surface area (Å²) in [5, 5.41) is 0. The van der Waals surface area contributed by atoms with Crippen LogP contribution < -0.4 is 0 Å². The Morgan fingerprint density at radius 1 is 2.00 bits per heavy atom. The largest absolute Gasteiger partial charge is 0.504 e. The van der Waals surface area contributed by atoms with E-state index in [9.17, 15) is 0 Å². The lowest BCUT2D eigenvalue weighted by Gasteiger charge is -2.04. The molecule has 1 heterocycles. The van der Waals surface area contributed by atoms with Crippen molar-refractivity contribution in [3.8, 4) is 0 Å². The zero-order valence-electron chi connectivity index (χ0n) is 4.43. The average Bonchev–Trinajstić information content (AvgIpc) is 2.14. The Kier molecular flexibility index (Phi) is 1.84. The molecule has 1 aliphatic heterocycles. The summed E-state index contributed by atoms with van der Waals surface area (Å²) in [6.45, 7) is 0. The van der Waals surface area contributed by atoms with Crippen molar-refractivity contribution in [1.29, 1.82) is 0 Å². The number of hydrogen-bond donors (Lipinski definition) is 0. The number of rotatable bonds is 1. The molecule has 8 heavy (non-hydrogen) atoms. The van der Waals surface area contributed by atoms with Crippen molar-refractivity contribution in [3.63, 3.8) is 0 Å². The molecule has 0 aromatic carbocycles. The topological polar surface area (TPSA) is 9.23 Å². The van der Waals surface area contributed by atoms with Gasteiger partial charge in [-0.25, -0.2) is 0 Å². The van der Waals surface area contributed by atoms with Gasteiger partial charge in [0.1, 0.15) is 13.6 Å². The minimum atomic E-state index is -0.149. The lowest BCUT2D eigenvalue weighted by atomic mass is 9.98. The second kappa shape index (κ2) is 2.45. The van der Waals surface area contributed by atoms with Crippen LogP contribution in [0.4, 0.5) is 0 Å². The Labute approximate surface area is 55.1 Å². The zero-order chi connectivity index (χ0) is 5.98. The highest BCUT2D eigenvalue weighted by molar-refractivity contribution is 6.19. The number of ether oxygens (including phenoxy) is 1.